The zero-order valence-electron chi connectivity index (χ0n) is 29.6. The number of amides is 3. The van der Waals surface area contributed by atoms with Crippen LogP contribution in [-0.4, -0.2) is 82.4 Å². The molecule has 288 valence electrons. The lowest BCUT2D eigenvalue weighted by atomic mass is 9.98. The lowest BCUT2D eigenvalue weighted by Gasteiger charge is -2.37. The third kappa shape index (κ3) is 8.28. The van der Waals surface area contributed by atoms with Crippen LogP contribution in [0.3, 0.4) is 0 Å². The first-order valence-electron chi connectivity index (χ1n) is 18.1. The molecule has 16 heteroatoms. The first kappa shape index (κ1) is 37.5. The molecule has 2 saturated heterocycles. The van der Waals surface area contributed by atoms with Crippen molar-refractivity contribution in [2.24, 2.45) is 0 Å². The first-order valence-corrected chi connectivity index (χ1v) is 18.1. The van der Waals surface area contributed by atoms with Crippen LogP contribution in [0.5, 0.6) is 0 Å². The van der Waals surface area contributed by atoms with Gasteiger partial charge in [0.25, 0.3) is 0 Å². The van der Waals surface area contributed by atoms with E-state index < -0.39 is 42.0 Å². The quantitative estimate of drug-likeness (QED) is 0.187. The number of para-hydroxylation sites is 3. The van der Waals surface area contributed by atoms with E-state index in [1.807, 2.05) is 48.0 Å². The highest BCUT2D eigenvalue weighted by atomic mass is 19.4. The Hall–Kier alpha value is -4.83. The summed E-state index contributed by atoms with van der Waals surface area (Å²) in [4.78, 5) is 41.2. The number of carbonyl (C=O) groups excluding carboxylic acids is 2. The molecule has 0 bridgehead atoms. The zero-order valence-corrected chi connectivity index (χ0v) is 29.6. The molecule has 2 N–H and O–H groups in total. The summed E-state index contributed by atoms with van der Waals surface area (Å²) in [6, 6.07) is 14.8. The van der Waals surface area contributed by atoms with E-state index in [9.17, 15) is 35.9 Å². The molecule has 3 amide bonds. The third-order valence-corrected chi connectivity index (χ3v) is 10.6. The van der Waals surface area contributed by atoms with Crippen LogP contribution in [-0.2, 0) is 30.0 Å². The normalized spacial score (nSPS) is 18.9. The molecule has 7 rings (SSSR count). The summed E-state index contributed by atoms with van der Waals surface area (Å²) < 4.78 is 85.3. The molecule has 3 aliphatic heterocycles. The summed E-state index contributed by atoms with van der Waals surface area (Å²) in [6.07, 6.45) is -8.27. The number of carbonyl (C=O) groups is 2. The van der Waals surface area contributed by atoms with Gasteiger partial charge in [-0.2, -0.15) is 26.3 Å². The van der Waals surface area contributed by atoms with Crippen molar-refractivity contribution in [3.63, 3.8) is 0 Å². The van der Waals surface area contributed by atoms with E-state index in [4.69, 9.17) is 9.82 Å². The minimum absolute atomic E-state index is 0.0841. The van der Waals surface area contributed by atoms with Crippen LogP contribution in [0.25, 0.3) is 11.0 Å². The Bertz CT molecular complexity index is 1950. The molecule has 0 radical (unpaired) electrons. The number of alkyl halides is 6. The van der Waals surface area contributed by atoms with Gasteiger partial charge in [0, 0.05) is 43.8 Å². The molecule has 0 aliphatic carbocycles. The standard InChI is InChI=1S/C38H41F6N7O3/c1-48-15-11-29(12-16-48)51-33-9-5-4-8-31(33)45-34(51)32(22-24-20-26(37(39,40)41)23-27(21-24)38(42,43)44)47-36(53)54-49-17-13-28(14-18-49)50-19-10-25-6-2-3-7-30(25)46-35(50)52/h2-9,20-21,23,28-29,32H,10-19,22H2,1H3,(H,46,52)(H,47,53). The van der Waals surface area contributed by atoms with Gasteiger partial charge < -0.3 is 29.8 Å². The monoisotopic (exact) mass is 757 g/mol. The molecule has 2 fully saturated rings. The zero-order chi connectivity index (χ0) is 38.2. The average molecular weight is 758 g/mol. The number of aromatic nitrogens is 2. The average Bonchev–Trinajstić information content (AvgIpc) is 3.43. The lowest BCUT2D eigenvalue weighted by Crippen LogP contribution is -2.49. The number of halogens is 6. The van der Waals surface area contributed by atoms with Crippen molar-refractivity contribution in [3.05, 3.63) is 94.8 Å². The van der Waals surface area contributed by atoms with E-state index in [0.29, 0.717) is 62.4 Å². The molecule has 10 nitrogen and oxygen atoms in total. The Morgan fingerprint density at radius 2 is 1.50 bits per heavy atom. The second-order valence-corrected chi connectivity index (χ2v) is 14.2. The van der Waals surface area contributed by atoms with E-state index in [-0.39, 0.29) is 29.7 Å². The topological polar surface area (TPSA) is 95.0 Å². The lowest BCUT2D eigenvalue weighted by molar-refractivity contribution is -0.143. The molecule has 1 aromatic heterocycles. The number of rotatable bonds is 7. The number of hydrogen-bond donors (Lipinski definition) is 2. The number of hydroxylamine groups is 2. The van der Waals surface area contributed by atoms with Crippen LogP contribution in [0.15, 0.2) is 66.7 Å². The van der Waals surface area contributed by atoms with Crippen LogP contribution in [0.1, 0.15) is 65.8 Å². The molecule has 54 heavy (non-hydrogen) atoms. The van der Waals surface area contributed by atoms with Crippen molar-refractivity contribution in [1.82, 2.24) is 29.7 Å². The molecular formula is C38H41F6N7O3. The van der Waals surface area contributed by atoms with Crippen molar-refractivity contribution in [3.8, 4) is 0 Å². The number of likely N-dealkylation sites (tertiary alicyclic amines) is 1. The maximum absolute atomic E-state index is 13.9. The smallest absolute Gasteiger partial charge is 0.351 e. The molecule has 4 heterocycles. The number of urea groups is 1. The number of benzene rings is 3. The SMILES string of the molecule is CN1CCC(n2c(C(Cc3cc(C(F)(F)F)cc(C(F)(F)F)c3)NC(=O)ON3CCC(N4CCc5ccccc5NC4=O)CC3)nc3ccccc32)CC1. The molecular weight excluding hydrogens is 716 g/mol. The second-order valence-electron chi connectivity index (χ2n) is 14.2. The fourth-order valence-electron chi connectivity index (χ4n) is 7.79. The molecule has 1 atom stereocenters. The van der Waals surface area contributed by atoms with Gasteiger partial charge in [-0.05, 0) is 99.8 Å². The van der Waals surface area contributed by atoms with E-state index in [0.717, 1.165) is 42.7 Å². The third-order valence-electron chi connectivity index (χ3n) is 10.6. The maximum Gasteiger partial charge on any atom is 0.426 e. The Morgan fingerprint density at radius 3 is 2.19 bits per heavy atom. The number of anilines is 1. The summed E-state index contributed by atoms with van der Waals surface area (Å²) in [5.74, 6) is 0.306. The van der Waals surface area contributed by atoms with Gasteiger partial charge in [-0.1, -0.05) is 30.3 Å². The summed E-state index contributed by atoms with van der Waals surface area (Å²) in [5, 5.41) is 7.20. The predicted molar refractivity (Wildman–Crippen MR) is 188 cm³/mol. The number of fused-ring (bicyclic) bond motifs is 2. The number of nitrogens with zero attached hydrogens (tertiary/aromatic N) is 5. The second kappa shape index (κ2) is 15.1. The van der Waals surface area contributed by atoms with Gasteiger partial charge in [-0.3, -0.25) is 0 Å². The van der Waals surface area contributed by atoms with Gasteiger partial charge in [0.2, 0.25) is 0 Å². The fourth-order valence-corrected chi connectivity index (χ4v) is 7.79. The van der Waals surface area contributed by atoms with Gasteiger partial charge in [0.15, 0.2) is 0 Å². The molecule has 0 spiro atoms. The van der Waals surface area contributed by atoms with Crippen molar-refractivity contribution in [2.75, 3.05) is 45.1 Å². The van der Waals surface area contributed by atoms with Gasteiger partial charge in [0.1, 0.15) is 5.82 Å². The Balaban J connectivity index is 1.13. The Labute approximate surface area is 308 Å². The van der Waals surface area contributed by atoms with Crippen LogP contribution in [0.4, 0.5) is 41.6 Å². The summed E-state index contributed by atoms with van der Waals surface area (Å²) in [5.41, 5.74) is -0.0161. The van der Waals surface area contributed by atoms with Gasteiger partial charge in [-0.15, -0.1) is 5.06 Å². The maximum atomic E-state index is 13.9. The number of piperidine rings is 2. The largest absolute Gasteiger partial charge is 0.426 e. The van der Waals surface area contributed by atoms with Crippen LogP contribution < -0.4 is 10.6 Å². The Morgan fingerprint density at radius 1 is 0.870 bits per heavy atom. The van der Waals surface area contributed by atoms with E-state index in [1.165, 1.54) is 5.06 Å². The van der Waals surface area contributed by atoms with Gasteiger partial charge in [-0.25, -0.2) is 14.6 Å². The van der Waals surface area contributed by atoms with Crippen LogP contribution >= 0.6 is 0 Å². The summed E-state index contributed by atoms with van der Waals surface area (Å²) in [7, 11) is 2.00. The molecule has 4 aromatic rings. The fraction of sp³-hybridized carbons (Fsp3) is 0.447. The Kier molecular flexibility index (Phi) is 10.5. The van der Waals surface area contributed by atoms with Gasteiger partial charge in [0.05, 0.1) is 28.2 Å². The predicted octanol–water partition coefficient (Wildman–Crippen LogP) is 7.82. The highest BCUT2D eigenvalue weighted by molar-refractivity contribution is 5.91. The highest BCUT2D eigenvalue weighted by Gasteiger charge is 2.38. The first-order chi connectivity index (χ1) is 25.7. The highest BCUT2D eigenvalue weighted by Crippen LogP contribution is 2.38. The summed E-state index contributed by atoms with van der Waals surface area (Å²) >= 11 is 0. The van der Waals surface area contributed by atoms with Crippen molar-refractivity contribution in [2.45, 2.75) is 69.0 Å². The minimum Gasteiger partial charge on any atom is -0.351 e. The van der Waals surface area contributed by atoms with Crippen LogP contribution in [0.2, 0.25) is 0 Å². The molecule has 1 unspecified atom stereocenters. The van der Waals surface area contributed by atoms with Crippen LogP contribution in [0, 0.1) is 0 Å². The van der Waals surface area contributed by atoms with Gasteiger partial charge >= 0.3 is 24.5 Å². The van der Waals surface area contributed by atoms with Crippen molar-refractivity contribution in [1.29, 1.82) is 0 Å². The van der Waals surface area contributed by atoms with Crippen molar-refractivity contribution < 1.29 is 40.8 Å². The molecule has 0 saturated carbocycles. The minimum atomic E-state index is -5.04. The number of nitrogens with one attached hydrogen (secondary N) is 2. The van der Waals surface area contributed by atoms with E-state index in [1.54, 1.807) is 17.0 Å². The summed E-state index contributed by atoms with van der Waals surface area (Å²) in [6.45, 7) is 2.66. The molecule has 3 aromatic carbocycles. The molecule has 3 aliphatic rings. The number of hydrogen-bond acceptors (Lipinski definition) is 6. The van der Waals surface area contributed by atoms with E-state index in [2.05, 4.69) is 15.5 Å². The number of imidazole rings is 1. The van der Waals surface area contributed by atoms with Crippen molar-refractivity contribution >= 4 is 28.8 Å². The van der Waals surface area contributed by atoms with E-state index >= 15 is 0 Å².